The molecule has 16 unspecified atom stereocenters. The highest BCUT2D eigenvalue weighted by Crippen LogP contribution is 2.39. The second-order valence-electron chi connectivity index (χ2n) is 21.1. The number of nitrogens with one attached hydrogen (secondary N) is 6. The minimum absolute atomic E-state index is 0.822. The molecule has 20 aliphatic heterocycles. The van der Waals surface area contributed by atoms with E-state index in [0.29, 0.717) is 0 Å². The molecule has 20 heterocycles. The molecule has 0 aliphatic carbocycles. The Morgan fingerprint density at radius 2 is 0.768 bits per heavy atom. The monoisotopic (exact) mass is 781 g/mol. The molecular formula is C44H84N12. The first-order valence-electron chi connectivity index (χ1n) is 23.9. The first-order chi connectivity index (χ1) is 27.2. The number of fused-ring (bicyclic) bond motifs is 18. The van der Waals surface area contributed by atoms with Crippen LogP contribution in [0.1, 0.15) is 89.9 Å². The van der Waals surface area contributed by atoms with E-state index in [9.17, 15) is 0 Å². The van der Waals surface area contributed by atoms with Crippen molar-refractivity contribution in [2.24, 2.45) is 0 Å². The Morgan fingerprint density at radius 1 is 0.357 bits per heavy atom. The summed E-state index contributed by atoms with van der Waals surface area (Å²) < 4.78 is 0. The first kappa shape index (κ1) is 40.9. The number of rotatable bonds is 0. The molecule has 16 bridgehead atoms. The summed E-state index contributed by atoms with van der Waals surface area (Å²) in [6.07, 6.45) is 19.9. The fourth-order valence-corrected chi connectivity index (χ4v) is 13.9. The Hall–Kier alpha value is -0.480. The Morgan fingerprint density at radius 3 is 1.23 bits per heavy atom. The number of piperazine rings is 4. The smallest absolute Gasteiger partial charge is 0.0250 e. The SMILES string of the molecule is CN1C2CCC1C1CCC2N1.CN1C2CCC3NC2CCC31.CN1C2CCNCC1C2.CN1C2CNCC1C2.CN1CC2CC(C1)N2.CN1CCC2CC(C1)N2. The van der Waals surface area contributed by atoms with Crippen molar-refractivity contribution in [2.45, 2.75) is 187 Å². The van der Waals surface area contributed by atoms with E-state index in [2.05, 4.69) is 104 Å². The maximum Gasteiger partial charge on any atom is 0.0250 e. The average Bonchev–Trinajstić information content (AvgIpc) is 3.37. The van der Waals surface area contributed by atoms with Crippen LogP contribution in [0, 0.1) is 0 Å². The highest BCUT2D eigenvalue weighted by Gasteiger charge is 2.49. The minimum atomic E-state index is 0.822. The van der Waals surface area contributed by atoms with Gasteiger partial charge in [0.05, 0.1) is 0 Å². The van der Waals surface area contributed by atoms with Gasteiger partial charge in [0.2, 0.25) is 0 Å². The van der Waals surface area contributed by atoms with Crippen LogP contribution in [0.5, 0.6) is 0 Å². The van der Waals surface area contributed by atoms with Gasteiger partial charge in [-0.25, -0.2) is 0 Å². The molecule has 6 N–H and O–H groups in total. The van der Waals surface area contributed by atoms with Crippen molar-refractivity contribution in [3.05, 3.63) is 0 Å². The summed E-state index contributed by atoms with van der Waals surface area (Å²) in [6.45, 7) is 9.94. The molecule has 20 saturated heterocycles. The molecule has 20 rings (SSSR count). The molecule has 0 saturated carbocycles. The van der Waals surface area contributed by atoms with Gasteiger partial charge >= 0.3 is 0 Å². The largest absolute Gasteiger partial charge is 0.315 e. The van der Waals surface area contributed by atoms with E-state index >= 15 is 0 Å². The highest BCUT2D eigenvalue weighted by atomic mass is 15.3. The summed E-state index contributed by atoms with van der Waals surface area (Å²) >= 11 is 0. The molecule has 12 nitrogen and oxygen atoms in total. The zero-order chi connectivity index (χ0) is 38.5. The lowest BCUT2D eigenvalue weighted by Crippen LogP contribution is -2.73. The number of hydrogen-bond donors (Lipinski definition) is 6. The minimum Gasteiger partial charge on any atom is -0.315 e. The van der Waals surface area contributed by atoms with E-state index in [1.54, 1.807) is 0 Å². The topological polar surface area (TPSA) is 91.6 Å². The van der Waals surface area contributed by atoms with E-state index in [-0.39, 0.29) is 0 Å². The molecule has 320 valence electrons. The van der Waals surface area contributed by atoms with Gasteiger partial charge in [-0.05, 0) is 145 Å². The van der Waals surface area contributed by atoms with Gasteiger partial charge in [0.15, 0.2) is 0 Å². The summed E-state index contributed by atoms with van der Waals surface area (Å²) in [7, 11) is 13.5. The van der Waals surface area contributed by atoms with Crippen molar-refractivity contribution >= 4 is 0 Å². The normalized spacial score (nSPS) is 49.0. The second kappa shape index (κ2) is 17.9. The number of nitrogens with zero attached hydrogens (tertiary/aromatic N) is 6. The molecular weight excluding hydrogens is 697 g/mol. The van der Waals surface area contributed by atoms with Crippen molar-refractivity contribution in [2.75, 3.05) is 94.6 Å². The van der Waals surface area contributed by atoms with E-state index in [1.807, 2.05) is 0 Å². The van der Waals surface area contributed by atoms with Crippen LogP contribution in [-0.4, -0.2) is 221 Å². The van der Waals surface area contributed by atoms with Gasteiger partial charge in [-0.3, -0.25) is 19.6 Å². The molecule has 0 radical (unpaired) electrons. The molecule has 56 heavy (non-hydrogen) atoms. The van der Waals surface area contributed by atoms with E-state index in [1.165, 1.54) is 142 Å². The summed E-state index contributed by atoms with van der Waals surface area (Å²) in [4.78, 5) is 15.0. The van der Waals surface area contributed by atoms with Crippen LogP contribution < -0.4 is 31.9 Å². The van der Waals surface area contributed by atoms with Gasteiger partial charge in [-0.15, -0.1) is 0 Å². The molecule has 0 amide bonds. The predicted molar refractivity (Wildman–Crippen MR) is 230 cm³/mol. The lowest BCUT2D eigenvalue weighted by molar-refractivity contribution is -0.0405. The van der Waals surface area contributed by atoms with Crippen molar-refractivity contribution < 1.29 is 0 Å². The van der Waals surface area contributed by atoms with E-state index in [4.69, 9.17) is 0 Å². The fraction of sp³-hybridized carbons (Fsp3) is 1.00. The van der Waals surface area contributed by atoms with Crippen molar-refractivity contribution in [3.8, 4) is 0 Å². The molecule has 0 spiro atoms. The number of hydrogen-bond acceptors (Lipinski definition) is 12. The molecule has 16 atom stereocenters. The van der Waals surface area contributed by atoms with Gasteiger partial charge in [0.1, 0.15) is 0 Å². The first-order valence-corrected chi connectivity index (χ1v) is 23.9. The molecule has 0 aromatic carbocycles. The van der Waals surface area contributed by atoms with Crippen LogP contribution >= 0.6 is 0 Å². The van der Waals surface area contributed by atoms with Crippen LogP contribution in [0.25, 0.3) is 0 Å². The fourth-order valence-electron chi connectivity index (χ4n) is 13.9. The third-order valence-electron chi connectivity index (χ3n) is 17.6. The van der Waals surface area contributed by atoms with Gasteiger partial charge < -0.3 is 41.7 Å². The quantitative estimate of drug-likeness (QED) is 0.208. The number of piperidine rings is 6. The van der Waals surface area contributed by atoms with Gasteiger partial charge in [-0.2, -0.15) is 0 Å². The number of likely N-dealkylation sites (N-methyl/N-ethyl adjacent to an activating group) is 6. The van der Waals surface area contributed by atoms with Crippen LogP contribution in [0.2, 0.25) is 0 Å². The molecule has 12 heteroatoms. The maximum atomic E-state index is 3.74. The predicted octanol–water partition coefficient (Wildman–Crippen LogP) is 0.596. The summed E-state index contributed by atoms with van der Waals surface area (Å²) in [5, 5.41) is 21.3. The summed E-state index contributed by atoms with van der Waals surface area (Å²) in [5.74, 6) is 0. The third-order valence-corrected chi connectivity index (χ3v) is 17.6. The Bertz CT molecular complexity index is 1150. The maximum absolute atomic E-state index is 3.74. The van der Waals surface area contributed by atoms with Crippen molar-refractivity contribution in [1.82, 2.24) is 61.3 Å². The highest BCUT2D eigenvalue weighted by molar-refractivity contribution is 5.09. The standard InChI is InChI=1S/2C9H16N2.2C7H14N2.2C6H12N2/c1-11-8-4-2-6-9(11)5-3-7(8)10-6;1-11-8-4-5-9(11)7-3-2-6(8)10-7;1-9-3-2-6-4-7(5-9)8-6;1-9-6-2-3-8-5-7(9)4-6;1-8-3-5-2-6(4-8)7-5;1-8-5-2-6(8)4-7-3-5/h2*6-10H,2-5H2,1H3;2*6-8H,2-5H2,1H3;2*5-7H,2-4H2,1H3. The second-order valence-corrected chi connectivity index (χ2v) is 21.1. The Balaban J connectivity index is 0.0000000882. The Kier molecular flexibility index (Phi) is 13.0. The zero-order valence-electron chi connectivity index (χ0n) is 36.5. The van der Waals surface area contributed by atoms with Gasteiger partial charge in [-0.1, -0.05) is 0 Å². The third kappa shape index (κ3) is 8.80. The van der Waals surface area contributed by atoms with Crippen LogP contribution in [-0.2, 0) is 0 Å². The van der Waals surface area contributed by atoms with Gasteiger partial charge in [0, 0.05) is 136 Å². The average molecular weight is 781 g/mol. The lowest BCUT2D eigenvalue weighted by Gasteiger charge is -2.59. The van der Waals surface area contributed by atoms with E-state index in [0.717, 1.165) is 96.7 Å². The van der Waals surface area contributed by atoms with Crippen LogP contribution in [0.3, 0.4) is 0 Å². The van der Waals surface area contributed by atoms with Crippen LogP contribution in [0.4, 0.5) is 0 Å². The zero-order valence-corrected chi connectivity index (χ0v) is 36.5. The molecule has 20 fully saturated rings. The molecule has 0 aromatic heterocycles. The molecule has 20 aliphatic rings. The van der Waals surface area contributed by atoms with Crippen molar-refractivity contribution in [1.29, 1.82) is 0 Å². The molecule has 0 aromatic rings. The van der Waals surface area contributed by atoms with Crippen molar-refractivity contribution in [3.63, 3.8) is 0 Å². The van der Waals surface area contributed by atoms with E-state index < -0.39 is 0 Å². The van der Waals surface area contributed by atoms with Gasteiger partial charge in [0.25, 0.3) is 0 Å². The summed E-state index contributed by atoms with van der Waals surface area (Å²) in [5.41, 5.74) is 0. The van der Waals surface area contributed by atoms with Crippen LogP contribution in [0.15, 0.2) is 0 Å². The Labute approximate surface area is 341 Å². The summed E-state index contributed by atoms with van der Waals surface area (Å²) in [6, 6.07) is 13.7. The lowest BCUT2D eigenvalue weighted by atomic mass is 9.73.